The molecule has 6 heteroatoms. The van der Waals surface area contributed by atoms with Crippen molar-refractivity contribution in [2.75, 3.05) is 6.54 Å². The Hall–Kier alpha value is -2.89. The smallest absolute Gasteiger partial charge is 0.254 e. The van der Waals surface area contributed by atoms with Crippen LogP contribution in [0.5, 0.6) is 5.75 Å². The number of halogens is 1. The van der Waals surface area contributed by atoms with Gasteiger partial charge in [-0.1, -0.05) is 26.0 Å². The predicted octanol–water partition coefficient (Wildman–Crippen LogP) is 3.30. The number of amides is 2. The lowest BCUT2D eigenvalue weighted by Gasteiger charge is -2.34. The molecule has 0 aliphatic carbocycles. The third kappa shape index (κ3) is 4.50. The maximum atomic E-state index is 13.0. The Morgan fingerprint density at radius 2 is 1.93 bits per heavy atom. The zero-order valence-electron chi connectivity index (χ0n) is 16.2. The number of carbonyl (C=O) groups excluding carboxylic acids is 2. The second-order valence-electron chi connectivity index (χ2n) is 7.53. The lowest BCUT2D eigenvalue weighted by atomic mass is 9.94. The fraction of sp³-hybridized carbons (Fsp3) is 0.364. The predicted molar refractivity (Wildman–Crippen MR) is 104 cm³/mol. The van der Waals surface area contributed by atoms with Crippen LogP contribution in [-0.2, 0) is 17.8 Å². The fourth-order valence-electron chi connectivity index (χ4n) is 3.46. The molecule has 148 valence electrons. The van der Waals surface area contributed by atoms with E-state index in [0.29, 0.717) is 37.3 Å². The first-order chi connectivity index (χ1) is 13.3. The molecule has 0 unspecified atom stereocenters. The number of primary amides is 1. The Balaban J connectivity index is 1.72. The van der Waals surface area contributed by atoms with E-state index in [1.807, 2.05) is 19.9 Å². The molecule has 1 heterocycles. The molecular formula is C22H25FN2O3. The van der Waals surface area contributed by atoms with Gasteiger partial charge in [0.15, 0.2) is 0 Å². The molecule has 0 spiro atoms. The van der Waals surface area contributed by atoms with E-state index in [4.69, 9.17) is 10.5 Å². The monoisotopic (exact) mass is 384 g/mol. The van der Waals surface area contributed by atoms with Crippen molar-refractivity contribution in [3.8, 4) is 5.75 Å². The quantitative estimate of drug-likeness (QED) is 0.796. The summed E-state index contributed by atoms with van der Waals surface area (Å²) in [4.78, 5) is 26.4. The number of fused-ring (bicyclic) bond motifs is 1. The zero-order chi connectivity index (χ0) is 20.3. The molecular weight excluding hydrogens is 359 g/mol. The molecule has 5 nitrogen and oxygen atoms in total. The molecule has 0 saturated heterocycles. The summed E-state index contributed by atoms with van der Waals surface area (Å²) in [6.45, 7) is 4.77. The van der Waals surface area contributed by atoms with Crippen LogP contribution in [0.4, 0.5) is 4.39 Å². The maximum absolute atomic E-state index is 13.0. The van der Waals surface area contributed by atoms with Gasteiger partial charge in [-0.2, -0.15) is 0 Å². The number of rotatable bonds is 7. The van der Waals surface area contributed by atoms with Gasteiger partial charge in [-0.25, -0.2) is 4.39 Å². The van der Waals surface area contributed by atoms with Gasteiger partial charge in [-0.05, 0) is 60.2 Å². The van der Waals surface area contributed by atoms with Gasteiger partial charge in [-0.3, -0.25) is 9.59 Å². The van der Waals surface area contributed by atoms with Crippen molar-refractivity contribution < 1.29 is 18.7 Å². The Bertz CT molecular complexity index is 865. The SMILES string of the molecule is CC(C)C[C@@H](C(N)=O)N1CCc2cc(OCc3ccc(F)cc3)ccc2C1=O. The summed E-state index contributed by atoms with van der Waals surface area (Å²) in [6, 6.07) is 10.9. The highest BCUT2D eigenvalue weighted by Gasteiger charge is 2.33. The first-order valence-electron chi connectivity index (χ1n) is 9.45. The summed E-state index contributed by atoms with van der Waals surface area (Å²) >= 11 is 0. The van der Waals surface area contributed by atoms with Gasteiger partial charge in [0.05, 0.1) is 0 Å². The van der Waals surface area contributed by atoms with E-state index in [1.165, 1.54) is 12.1 Å². The number of benzene rings is 2. The molecule has 0 aromatic heterocycles. The molecule has 0 bridgehead atoms. The Kier molecular flexibility index (Phi) is 5.97. The van der Waals surface area contributed by atoms with E-state index in [9.17, 15) is 14.0 Å². The third-order valence-electron chi connectivity index (χ3n) is 4.91. The summed E-state index contributed by atoms with van der Waals surface area (Å²) in [7, 11) is 0. The highest BCUT2D eigenvalue weighted by Crippen LogP contribution is 2.27. The van der Waals surface area contributed by atoms with Gasteiger partial charge < -0.3 is 15.4 Å². The van der Waals surface area contributed by atoms with E-state index in [2.05, 4.69) is 0 Å². The van der Waals surface area contributed by atoms with Crippen LogP contribution in [0.1, 0.15) is 41.8 Å². The third-order valence-corrected chi connectivity index (χ3v) is 4.91. The van der Waals surface area contributed by atoms with E-state index >= 15 is 0 Å². The first kappa shape index (κ1) is 19.9. The van der Waals surface area contributed by atoms with Gasteiger partial charge in [0.1, 0.15) is 24.2 Å². The van der Waals surface area contributed by atoms with Crippen molar-refractivity contribution in [2.24, 2.45) is 11.7 Å². The minimum absolute atomic E-state index is 0.171. The molecule has 1 aliphatic rings. The Morgan fingerprint density at radius 1 is 1.21 bits per heavy atom. The number of hydrogen-bond acceptors (Lipinski definition) is 3. The topological polar surface area (TPSA) is 72.6 Å². The molecule has 3 rings (SSSR count). The van der Waals surface area contributed by atoms with E-state index in [1.54, 1.807) is 29.2 Å². The summed E-state index contributed by atoms with van der Waals surface area (Å²) in [5.41, 5.74) is 7.88. The minimum Gasteiger partial charge on any atom is -0.489 e. The molecule has 2 aromatic rings. The van der Waals surface area contributed by atoms with Crippen LogP contribution in [0.2, 0.25) is 0 Å². The van der Waals surface area contributed by atoms with Crippen LogP contribution in [0.25, 0.3) is 0 Å². The van der Waals surface area contributed by atoms with E-state index in [-0.39, 0.29) is 17.6 Å². The number of carbonyl (C=O) groups is 2. The van der Waals surface area contributed by atoms with E-state index in [0.717, 1.165) is 11.1 Å². The normalized spacial score (nSPS) is 14.7. The molecule has 0 radical (unpaired) electrons. The second-order valence-corrected chi connectivity index (χ2v) is 7.53. The summed E-state index contributed by atoms with van der Waals surface area (Å²) in [6.07, 6.45) is 1.19. The number of hydrogen-bond donors (Lipinski definition) is 1. The zero-order valence-corrected chi connectivity index (χ0v) is 16.2. The van der Waals surface area contributed by atoms with Crippen molar-refractivity contribution in [3.05, 3.63) is 65.0 Å². The molecule has 2 amide bonds. The Labute approximate surface area is 164 Å². The summed E-state index contributed by atoms with van der Waals surface area (Å²) in [5.74, 6) is -0.0141. The van der Waals surface area contributed by atoms with Crippen LogP contribution in [0.15, 0.2) is 42.5 Å². The van der Waals surface area contributed by atoms with Crippen molar-refractivity contribution in [2.45, 2.75) is 39.3 Å². The minimum atomic E-state index is -0.588. The van der Waals surface area contributed by atoms with Crippen molar-refractivity contribution in [1.29, 1.82) is 0 Å². The lowest BCUT2D eigenvalue weighted by Crippen LogP contribution is -2.51. The number of nitrogens with zero attached hydrogens (tertiary/aromatic N) is 1. The van der Waals surface area contributed by atoms with Crippen molar-refractivity contribution in [3.63, 3.8) is 0 Å². The average Bonchev–Trinajstić information content (AvgIpc) is 2.66. The fourth-order valence-corrected chi connectivity index (χ4v) is 3.46. The van der Waals surface area contributed by atoms with Gasteiger partial charge in [-0.15, -0.1) is 0 Å². The van der Waals surface area contributed by atoms with Crippen LogP contribution in [0, 0.1) is 11.7 Å². The van der Waals surface area contributed by atoms with Gasteiger partial charge in [0.25, 0.3) is 5.91 Å². The van der Waals surface area contributed by atoms with Crippen molar-refractivity contribution in [1.82, 2.24) is 4.90 Å². The number of nitrogens with two attached hydrogens (primary N) is 1. The largest absolute Gasteiger partial charge is 0.489 e. The summed E-state index contributed by atoms with van der Waals surface area (Å²) in [5, 5.41) is 0. The molecule has 0 fully saturated rings. The highest BCUT2D eigenvalue weighted by atomic mass is 19.1. The van der Waals surface area contributed by atoms with Crippen molar-refractivity contribution >= 4 is 11.8 Å². The van der Waals surface area contributed by atoms with Crippen LogP contribution in [0.3, 0.4) is 0 Å². The van der Waals surface area contributed by atoms with Gasteiger partial charge in [0.2, 0.25) is 5.91 Å². The molecule has 1 aliphatic heterocycles. The standard InChI is InChI=1S/C22H25FN2O3/c1-14(2)11-20(21(24)26)25-10-9-16-12-18(7-8-19(16)22(25)27)28-13-15-3-5-17(23)6-4-15/h3-8,12,14,20H,9-11,13H2,1-2H3,(H2,24,26)/t20-/m0/s1. The lowest BCUT2D eigenvalue weighted by molar-refractivity contribution is -0.123. The number of ether oxygens (including phenoxy) is 1. The maximum Gasteiger partial charge on any atom is 0.254 e. The molecule has 2 aromatic carbocycles. The Morgan fingerprint density at radius 3 is 2.57 bits per heavy atom. The molecule has 1 atom stereocenters. The highest BCUT2D eigenvalue weighted by molar-refractivity contribution is 5.99. The van der Waals surface area contributed by atoms with Crippen LogP contribution in [-0.4, -0.2) is 29.3 Å². The molecule has 0 saturated carbocycles. The average molecular weight is 384 g/mol. The first-order valence-corrected chi connectivity index (χ1v) is 9.45. The van der Waals surface area contributed by atoms with Gasteiger partial charge in [0, 0.05) is 12.1 Å². The van der Waals surface area contributed by atoms with Gasteiger partial charge >= 0.3 is 0 Å². The molecule has 2 N–H and O–H groups in total. The summed E-state index contributed by atoms with van der Waals surface area (Å²) < 4.78 is 18.8. The second kappa shape index (κ2) is 8.42. The van der Waals surface area contributed by atoms with E-state index < -0.39 is 11.9 Å². The van der Waals surface area contributed by atoms with Crippen LogP contribution < -0.4 is 10.5 Å². The molecule has 28 heavy (non-hydrogen) atoms. The van der Waals surface area contributed by atoms with Crippen LogP contribution >= 0.6 is 0 Å².